The Balaban J connectivity index is 0.884. The van der Waals surface area contributed by atoms with E-state index in [1.807, 2.05) is 23.1 Å². The number of piperazine rings is 1. The molecule has 14 nitrogen and oxygen atoms in total. The Labute approximate surface area is 352 Å². The van der Waals surface area contributed by atoms with Crippen molar-refractivity contribution < 1.29 is 32.3 Å². The number of rotatable bonds is 10. The van der Waals surface area contributed by atoms with Crippen LogP contribution in [0.15, 0.2) is 30.5 Å². The van der Waals surface area contributed by atoms with Crippen LogP contribution >= 0.6 is 12.2 Å². The van der Waals surface area contributed by atoms with E-state index in [-0.39, 0.29) is 59.6 Å². The standard InChI is InChI=1S/C42H51F3N10O4S/c1-24-21-52(22-25(2)53(24)23-35(57)48-32-10-6-9-29-36(50-51(5)37(29)32)30-15-16-34(56)49-38(30)58)17-7-8-26-11-13-27(14-12-26)55-40(60)54(39(59)41(55,3)4)28-18-31(42(43,44)45)33(19-46)47-20-28/h6,9-10,18,20,24-27,30H,7-8,11-17,21-23H2,1-5H3,(H,48,57)(H,49,56,58)/t24-,25+,26-,27-,30?. The number of carbonyl (C=O) groups is 4. The van der Waals surface area contributed by atoms with E-state index in [4.69, 9.17) is 12.2 Å². The van der Waals surface area contributed by atoms with Crippen LogP contribution in [-0.4, -0.2) is 108 Å². The lowest BCUT2D eigenvalue weighted by Gasteiger charge is -2.44. The normalized spacial score (nSPS) is 25.5. The highest BCUT2D eigenvalue weighted by Crippen LogP contribution is 2.41. The summed E-state index contributed by atoms with van der Waals surface area (Å²) in [5.41, 5.74) is -1.19. The molecule has 7 rings (SSSR count). The number of pyridine rings is 1. The first-order valence-corrected chi connectivity index (χ1v) is 21.0. The van der Waals surface area contributed by atoms with Crippen molar-refractivity contribution in [2.45, 2.75) is 115 Å². The van der Waals surface area contributed by atoms with Crippen molar-refractivity contribution in [3.8, 4) is 6.07 Å². The van der Waals surface area contributed by atoms with Crippen LogP contribution in [0.1, 0.15) is 102 Å². The van der Waals surface area contributed by atoms with Crippen molar-refractivity contribution in [3.63, 3.8) is 0 Å². The number of aryl methyl sites for hydroxylation is 1. The van der Waals surface area contributed by atoms with Crippen LogP contribution in [0.25, 0.3) is 10.9 Å². The number of hydrogen-bond donors (Lipinski definition) is 2. The molecule has 320 valence electrons. The number of halogens is 3. The lowest BCUT2D eigenvalue weighted by molar-refractivity contribution is -0.138. The molecular formula is C42H51F3N10O4S. The van der Waals surface area contributed by atoms with Gasteiger partial charge in [-0.1, -0.05) is 12.1 Å². The highest BCUT2D eigenvalue weighted by molar-refractivity contribution is 7.80. The number of hydrogen-bond acceptors (Lipinski definition) is 10. The number of nitrogens with zero attached hydrogens (tertiary/aromatic N) is 8. The lowest BCUT2D eigenvalue weighted by Crippen LogP contribution is -2.58. The summed E-state index contributed by atoms with van der Waals surface area (Å²) in [4.78, 5) is 62.9. The minimum Gasteiger partial charge on any atom is -0.331 e. The Morgan fingerprint density at radius 3 is 2.43 bits per heavy atom. The van der Waals surface area contributed by atoms with Crippen molar-refractivity contribution >= 4 is 63.2 Å². The second-order valence-corrected chi connectivity index (χ2v) is 17.6. The van der Waals surface area contributed by atoms with Gasteiger partial charge in [0.15, 0.2) is 10.8 Å². The van der Waals surface area contributed by atoms with Crippen LogP contribution in [0, 0.1) is 17.2 Å². The molecule has 60 heavy (non-hydrogen) atoms. The monoisotopic (exact) mass is 848 g/mol. The van der Waals surface area contributed by atoms with Crippen molar-refractivity contribution in [2.75, 3.05) is 36.4 Å². The summed E-state index contributed by atoms with van der Waals surface area (Å²) < 4.78 is 42.9. The molecule has 5 heterocycles. The van der Waals surface area contributed by atoms with Gasteiger partial charge in [0.2, 0.25) is 17.7 Å². The highest BCUT2D eigenvalue weighted by Gasteiger charge is 2.53. The molecule has 0 bridgehead atoms. The molecule has 3 saturated heterocycles. The summed E-state index contributed by atoms with van der Waals surface area (Å²) in [5.74, 6) is -1.23. The number of amides is 4. The smallest absolute Gasteiger partial charge is 0.331 e. The number of thiocarbonyl (C=S) groups is 1. The number of piperidine rings is 1. The van der Waals surface area contributed by atoms with Gasteiger partial charge in [0.1, 0.15) is 11.6 Å². The minimum atomic E-state index is -4.82. The van der Waals surface area contributed by atoms with Gasteiger partial charge in [0.05, 0.1) is 46.8 Å². The molecule has 3 atom stereocenters. The lowest BCUT2D eigenvalue weighted by atomic mass is 9.82. The number of carbonyl (C=O) groups excluding carboxylic acids is 4. The number of aromatic nitrogens is 3. The van der Waals surface area contributed by atoms with Gasteiger partial charge < -0.3 is 15.1 Å². The fourth-order valence-electron chi connectivity index (χ4n) is 9.82. The Morgan fingerprint density at radius 1 is 1.08 bits per heavy atom. The predicted molar refractivity (Wildman–Crippen MR) is 221 cm³/mol. The van der Waals surface area contributed by atoms with Gasteiger partial charge in [-0.15, -0.1) is 0 Å². The quantitative estimate of drug-likeness (QED) is 0.197. The van der Waals surface area contributed by atoms with Crippen LogP contribution in [0.4, 0.5) is 24.5 Å². The van der Waals surface area contributed by atoms with E-state index in [1.165, 1.54) is 6.07 Å². The fourth-order valence-corrected chi connectivity index (χ4v) is 10.4. The number of para-hydroxylation sites is 1. The summed E-state index contributed by atoms with van der Waals surface area (Å²) in [6, 6.07) is 8.07. The first-order chi connectivity index (χ1) is 28.4. The number of anilines is 2. The first kappa shape index (κ1) is 43.1. The molecule has 3 aliphatic heterocycles. The maximum absolute atomic E-state index is 13.7. The molecule has 2 N–H and O–H groups in total. The molecule has 0 radical (unpaired) electrons. The van der Waals surface area contributed by atoms with E-state index >= 15 is 0 Å². The van der Waals surface area contributed by atoms with Crippen LogP contribution in [0.2, 0.25) is 0 Å². The number of imide groups is 1. The van der Waals surface area contributed by atoms with E-state index in [1.54, 1.807) is 25.6 Å². The molecule has 1 saturated carbocycles. The number of benzene rings is 1. The predicted octanol–water partition coefficient (Wildman–Crippen LogP) is 5.46. The number of alkyl halides is 3. The van der Waals surface area contributed by atoms with Gasteiger partial charge in [-0.25, -0.2) is 4.98 Å². The average molecular weight is 849 g/mol. The Morgan fingerprint density at radius 2 is 1.78 bits per heavy atom. The second kappa shape index (κ2) is 16.8. The van der Waals surface area contributed by atoms with Gasteiger partial charge >= 0.3 is 6.18 Å². The molecule has 0 spiro atoms. The second-order valence-electron chi connectivity index (χ2n) is 17.3. The van der Waals surface area contributed by atoms with E-state index < -0.39 is 34.8 Å². The molecule has 1 unspecified atom stereocenters. The molecule has 3 aromatic rings. The minimum absolute atomic E-state index is 0.0366. The van der Waals surface area contributed by atoms with Gasteiger partial charge in [-0.2, -0.15) is 23.5 Å². The molecule has 4 aliphatic rings. The molecule has 1 aromatic carbocycles. The van der Waals surface area contributed by atoms with Crippen molar-refractivity contribution in [1.82, 2.24) is 34.8 Å². The fraction of sp³-hybridized carbons (Fsp3) is 0.571. The zero-order valence-corrected chi connectivity index (χ0v) is 35.3. The van der Waals surface area contributed by atoms with E-state index in [2.05, 4.69) is 44.4 Å². The number of nitriles is 1. The molecule has 2 aromatic heterocycles. The maximum Gasteiger partial charge on any atom is 0.419 e. The van der Waals surface area contributed by atoms with Crippen LogP contribution in [-0.2, 0) is 32.4 Å². The molecular weight excluding hydrogens is 798 g/mol. The topological polar surface area (TPSA) is 160 Å². The van der Waals surface area contributed by atoms with Gasteiger partial charge in [0, 0.05) is 50.1 Å². The van der Waals surface area contributed by atoms with Gasteiger partial charge in [-0.05, 0) is 109 Å². The Hall–Kier alpha value is -4.99. The van der Waals surface area contributed by atoms with Crippen molar-refractivity contribution in [3.05, 3.63) is 47.4 Å². The van der Waals surface area contributed by atoms with E-state index in [9.17, 15) is 37.6 Å². The van der Waals surface area contributed by atoms with Crippen molar-refractivity contribution in [1.29, 1.82) is 5.26 Å². The largest absolute Gasteiger partial charge is 0.419 e. The molecule has 1 aliphatic carbocycles. The molecule has 18 heteroatoms. The van der Waals surface area contributed by atoms with E-state index in [0.717, 1.165) is 86.2 Å². The summed E-state index contributed by atoms with van der Waals surface area (Å²) in [5, 5.41) is 20.2. The zero-order chi connectivity index (χ0) is 43.3. The van der Waals surface area contributed by atoms with Gasteiger partial charge in [-0.3, -0.25) is 39.0 Å². The summed E-state index contributed by atoms with van der Waals surface area (Å²) in [6.07, 6.45) is 2.51. The summed E-state index contributed by atoms with van der Waals surface area (Å²) >= 11 is 5.75. The average Bonchev–Trinajstić information content (AvgIpc) is 3.61. The zero-order valence-electron chi connectivity index (χ0n) is 34.5. The Bertz CT molecular complexity index is 2240. The van der Waals surface area contributed by atoms with Crippen molar-refractivity contribution in [2.24, 2.45) is 13.0 Å². The molecule has 4 fully saturated rings. The van der Waals surface area contributed by atoms with Gasteiger partial charge in [0.25, 0.3) is 5.91 Å². The van der Waals surface area contributed by atoms with Crippen LogP contribution < -0.4 is 15.5 Å². The first-order valence-electron chi connectivity index (χ1n) is 20.6. The third kappa shape index (κ3) is 8.35. The molecule has 4 amide bonds. The van der Waals surface area contributed by atoms with E-state index in [0.29, 0.717) is 23.7 Å². The summed E-state index contributed by atoms with van der Waals surface area (Å²) in [7, 11) is 1.78. The Kier molecular flexibility index (Phi) is 12.1. The highest BCUT2D eigenvalue weighted by atomic mass is 32.1. The third-order valence-electron chi connectivity index (χ3n) is 12.8. The third-order valence-corrected chi connectivity index (χ3v) is 13.2. The SMILES string of the molecule is C[C@@H]1CN(CCC[C@H]2CC[C@H](N3C(=S)N(c4cnc(C#N)c(C(F)(F)F)c4)C(=O)C3(C)C)CC2)C[C@H](C)N1CC(=O)Nc1cccc2c(C3CCC(=O)NC3=O)nn(C)c12. The maximum atomic E-state index is 13.7. The van der Waals surface area contributed by atoms with Crippen LogP contribution in [0.3, 0.4) is 0 Å². The number of nitrogens with one attached hydrogen (secondary N) is 2. The number of fused-ring (bicyclic) bond motifs is 1. The summed E-state index contributed by atoms with van der Waals surface area (Å²) in [6.45, 7) is 10.6. The van der Waals surface area contributed by atoms with Crippen LogP contribution in [0.5, 0.6) is 0 Å².